The third-order valence-corrected chi connectivity index (χ3v) is 1.26. The second-order valence-electron chi connectivity index (χ2n) is 2.02. The van der Waals surface area contributed by atoms with Gasteiger partial charge in [0.2, 0.25) is 0 Å². The SMILES string of the molecule is [CH2]C1NCCCCO1. The summed E-state index contributed by atoms with van der Waals surface area (Å²) < 4.78 is 5.18. The predicted molar refractivity (Wildman–Crippen MR) is 32.3 cm³/mol. The Hall–Kier alpha value is -0.0800. The van der Waals surface area contributed by atoms with Gasteiger partial charge in [0.25, 0.3) is 0 Å². The van der Waals surface area contributed by atoms with Crippen LogP contribution in [-0.4, -0.2) is 19.4 Å². The molecule has 0 saturated carbocycles. The molecule has 1 radical (unpaired) electrons. The molecule has 1 aliphatic rings. The molecule has 0 amide bonds. The highest BCUT2D eigenvalue weighted by molar-refractivity contribution is 4.60. The van der Waals surface area contributed by atoms with E-state index in [0.717, 1.165) is 13.2 Å². The minimum atomic E-state index is 0.0255. The maximum absolute atomic E-state index is 5.18. The van der Waals surface area contributed by atoms with Gasteiger partial charge in [-0.05, 0) is 26.3 Å². The summed E-state index contributed by atoms with van der Waals surface area (Å²) in [5, 5.41) is 3.11. The van der Waals surface area contributed by atoms with E-state index in [4.69, 9.17) is 4.74 Å². The Labute approximate surface area is 50.2 Å². The van der Waals surface area contributed by atoms with Gasteiger partial charge in [0.05, 0.1) is 0 Å². The zero-order chi connectivity index (χ0) is 5.82. The quantitative estimate of drug-likeness (QED) is 0.496. The van der Waals surface area contributed by atoms with Crippen LogP contribution in [0, 0.1) is 6.92 Å². The summed E-state index contributed by atoms with van der Waals surface area (Å²) in [6.45, 7) is 5.64. The van der Waals surface area contributed by atoms with E-state index >= 15 is 0 Å². The smallest absolute Gasteiger partial charge is 0.108 e. The summed E-state index contributed by atoms with van der Waals surface area (Å²) >= 11 is 0. The lowest BCUT2D eigenvalue weighted by molar-refractivity contribution is 0.0749. The van der Waals surface area contributed by atoms with Crippen molar-refractivity contribution in [2.24, 2.45) is 0 Å². The van der Waals surface area contributed by atoms with Crippen molar-refractivity contribution in [3.63, 3.8) is 0 Å². The van der Waals surface area contributed by atoms with Crippen LogP contribution in [-0.2, 0) is 4.74 Å². The van der Waals surface area contributed by atoms with E-state index < -0.39 is 0 Å². The third kappa shape index (κ3) is 1.80. The first-order chi connectivity index (χ1) is 3.89. The fraction of sp³-hybridized carbons (Fsp3) is 0.833. The van der Waals surface area contributed by atoms with Gasteiger partial charge in [-0.3, -0.25) is 5.32 Å². The minimum absolute atomic E-state index is 0.0255. The highest BCUT2D eigenvalue weighted by Gasteiger charge is 2.03. The summed E-state index contributed by atoms with van der Waals surface area (Å²) in [4.78, 5) is 0. The molecule has 0 aromatic rings. The van der Waals surface area contributed by atoms with Gasteiger partial charge in [-0.1, -0.05) is 0 Å². The molecule has 1 unspecified atom stereocenters. The lowest BCUT2D eigenvalue weighted by atomic mass is 10.3. The van der Waals surface area contributed by atoms with E-state index in [-0.39, 0.29) is 6.23 Å². The Morgan fingerprint density at radius 2 is 2.38 bits per heavy atom. The van der Waals surface area contributed by atoms with E-state index in [2.05, 4.69) is 12.2 Å². The van der Waals surface area contributed by atoms with Gasteiger partial charge < -0.3 is 4.74 Å². The van der Waals surface area contributed by atoms with Crippen molar-refractivity contribution in [1.82, 2.24) is 5.32 Å². The van der Waals surface area contributed by atoms with E-state index in [9.17, 15) is 0 Å². The van der Waals surface area contributed by atoms with Crippen molar-refractivity contribution < 1.29 is 4.74 Å². The number of nitrogens with one attached hydrogen (secondary N) is 1. The lowest BCUT2D eigenvalue weighted by Crippen LogP contribution is -2.27. The van der Waals surface area contributed by atoms with Crippen LogP contribution in [0.25, 0.3) is 0 Å². The van der Waals surface area contributed by atoms with Crippen molar-refractivity contribution >= 4 is 0 Å². The molecular formula is C6H12NO. The average Bonchev–Trinajstić information content (AvgIpc) is 1.94. The topological polar surface area (TPSA) is 21.3 Å². The number of ether oxygens (including phenoxy) is 1. The summed E-state index contributed by atoms with van der Waals surface area (Å²) in [5.41, 5.74) is 0. The summed E-state index contributed by atoms with van der Waals surface area (Å²) in [6.07, 6.45) is 2.41. The van der Waals surface area contributed by atoms with Crippen LogP contribution in [0.1, 0.15) is 12.8 Å². The van der Waals surface area contributed by atoms with Gasteiger partial charge in [0.15, 0.2) is 0 Å². The maximum Gasteiger partial charge on any atom is 0.108 e. The standard InChI is InChI=1S/C6H12NO/c1-6-7-4-2-3-5-8-6/h6-7H,1-5H2. The van der Waals surface area contributed by atoms with Crippen LogP contribution in [0.15, 0.2) is 0 Å². The molecule has 1 aliphatic heterocycles. The Morgan fingerprint density at radius 3 is 3.25 bits per heavy atom. The van der Waals surface area contributed by atoms with Crippen LogP contribution >= 0.6 is 0 Å². The molecule has 2 heteroatoms. The number of hydrogen-bond acceptors (Lipinski definition) is 2. The zero-order valence-electron chi connectivity index (χ0n) is 5.02. The molecule has 0 spiro atoms. The predicted octanol–water partition coefficient (Wildman–Crippen LogP) is 0.547. The zero-order valence-corrected chi connectivity index (χ0v) is 5.02. The van der Waals surface area contributed by atoms with Crippen LogP contribution in [0.2, 0.25) is 0 Å². The van der Waals surface area contributed by atoms with Crippen molar-refractivity contribution in [3.8, 4) is 0 Å². The molecule has 0 aromatic carbocycles. The second kappa shape index (κ2) is 3.05. The highest BCUT2D eigenvalue weighted by atomic mass is 16.5. The normalized spacial score (nSPS) is 31.9. The lowest BCUT2D eigenvalue weighted by Gasteiger charge is -2.07. The molecule has 8 heavy (non-hydrogen) atoms. The summed E-state index contributed by atoms with van der Waals surface area (Å²) in [7, 11) is 0. The molecule has 47 valence electrons. The van der Waals surface area contributed by atoms with Gasteiger partial charge in [-0.25, -0.2) is 0 Å². The Morgan fingerprint density at radius 1 is 1.50 bits per heavy atom. The molecule has 0 aromatic heterocycles. The van der Waals surface area contributed by atoms with E-state index in [1.165, 1.54) is 12.8 Å². The summed E-state index contributed by atoms with van der Waals surface area (Å²) in [6, 6.07) is 0. The molecular weight excluding hydrogens is 102 g/mol. The second-order valence-corrected chi connectivity index (χ2v) is 2.02. The van der Waals surface area contributed by atoms with Gasteiger partial charge >= 0.3 is 0 Å². The number of hydrogen-bond donors (Lipinski definition) is 1. The molecule has 2 nitrogen and oxygen atoms in total. The van der Waals surface area contributed by atoms with Crippen LogP contribution in [0.3, 0.4) is 0 Å². The number of rotatable bonds is 0. The van der Waals surface area contributed by atoms with Crippen molar-refractivity contribution in [2.75, 3.05) is 13.2 Å². The molecule has 0 aliphatic carbocycles. The Kier molecular flexibility index (Phi) is 2.30. The van der Waals surface area contributed by atoms with E-state index in [1.54, 1.807) is 0 Å². The Bertz CT molecular complexity index is 57.5. The highest BCUT2D eigenvalue weighted by Crippen LogP contribution is 1.96. The molecule has 1 atom stereocenters. The van der Waals surface area contributed by atoms with Gasteiger partial charge in [0, 0.05) is 6.61 Å². The van der Waals surface area contributed by atoms with Crippen LogP contribution < -0.4 is 5.32 Å². The maximum atomic E-state index is 5.18. The largest absolute Gasteiger partial charge is 0.363 e. The first kappa shape index (κ1) is 6.05. The Balaban J connectivity index is 2.17. The van der Waals surface area contributed by atoms with Gasteiger partial charge in [-0.2, -0.15) is 0 Å². The van der Waals surface area contributed by atoms with Crippen molar-refractivity contribution in [1.29, 1.82) is 0 Å². The summed E-state index contributed by atoms with van der Waals surface area (Å²) in [5.74, 6) is 0. The molecule has 1 heterocycles. The van der Waals surface area contributed by atoms with E-state index in [1.807, 2.05) is 0 Å². The monoisotopic (exact) mass is 114 g/mol. The average molecular weight is 114 g/mol. The molecule has 0 bridgehead atoms. The van der Waals surface area contributed by atoms with Crippen LogP contribution in [0.5, 0.6) is 0 Å². The molecule has 1 saturated heterocycles. The van der Waals surface area contributed by atoms with Crippen molar-refractivity contribution in [2.45, 2.75) is 19.1 Å². The molecule has 1 rings (SSSR count). The van der Waals surface area contributed by atoms with Crippen molar-refractivity contribution in [3.05, 3.63) is 6.92 Å². The molecule has 1 N–H and O–H groups in total. The first-order valence-electron chi connectivity index (χ1n) is 3.07. The third-order valence-electron chi connectivity index (χ3n) is 1.26. The molecule has 1 fully saturated rings. The van der Waals surface area contributed by atoms with Crippen LogP contribution in [0.4, 0.5) is 0 Å². The van der Waals surface area contributed by atoms with Gasteiger partial charge in [-0.15, -0.1) is 0 Å². The first-order valence-corrected chi connectivity index (χ1v) is 3.07. The minimum Gasteiger partial charge on any atom is -0.363 e. The van der Waals surface area contributed by atoms with Gasteiger partial charge in [0.1, 0.15) is 6.23 Å². The fourth-order valence-corrected chi connectivity index (χ4v) is 0.775. The fourth-order valence-electron chi connectivity index (χ4n) is 0.775. The van der Waals surface area contributed by atoms with E-state index in [0.29, 0.717) is 0 Å².